The van der Waals surface area contributed by atoms with Gasteiger partial charge in [0.05, 0.1) is 11.1 Å². The van der Waals surface area contributed by atoms with Crippen molar-refractivity contribution in [1.29, 1.82) is 0 Å². The zero-order valence-corrected chi connectivity index (χ0v) is 12.2. The van der Waals surface area contributed by atoms with Gasteiger partial charge < -0.3 is 10.1 Å². The Balaban J connectivity index is 1.95. The Morgan fingerprint density at radius 1 is 1.56 bits per heavy atom. The summed E-state index contributed by atoms with van der Waals surface area (Å²) in [5, 5.41) is 5.05. The molecule has 3 nitrogen and oxygen atoms in total. The molecule has 0 radical (unpaired) electrons. The van der Waals surface area contributed by atoms with E-state index in [2.05, 4.69) is 43.2 Å². The summed E-state index contributed by atoms with van der Waals surface area (Å²) in [5.41, 5.74) is 1.25. The van der Waals surface area contributed by atoms with Gasteiger partial charge in [0.2, 0.25) is 0 Å². The highest BCUT2D eigenvalue weighted by Crippen LogP contribution is 2.31. The molecule has 1 N–H and O–H groups in total. The van der Waals surface area contributed by atoms with Crippen LogP contribution in [0.2, 0.25) is 0 Å². The maximum atomic E-state index is 5.57. The molecule has 100 valence electrons. The molecule has 0 aromatic carbocycles. The van der Waals surface area contributed by atoms with Crippen molar-refractivity contribution < 1.29 is 4.74 Å². The first kappa shape index (κ1) is 13.8. The first-order valence-corrected chi connectivity index (χ1v) is 7.56. The highest BCUT2D eigenvalue weighted by molar-refractivity contribution is 7.99. The third kappa shape index (κ3) is 3.46. The van der Waals surface area contributed by atoms with Gasteiger partial charge in [0, 0.05) is 24.1 Å². The minimum absolute atomic E-state index is 0.345. The van der Waals surface area contributed by atoms with Crippen molar-refractivity contribution in [3.63, 3.8) is 0 Å². The van der Waals surface area contributed by atoms with Crippen molar-refractivity contribution in [3.05, 3.63) is 23.9 Å². The Morgan fingerprint density at radius 3 is 2.94 bits per heavy atom. The van der Waals surface area contributed by atoms with E-state index in [0.29, 0.717) is 17.4 Å². The lowest BCUT2D eigenvalue weighted by Gasteiger charge is -2.15. The Kier molecular flexibility index (Phi) is 5.03. The molecule has 2 heterocycles. The van der Waals surface area contributed by atoms with Crippen LogP contribution in [0.1, 0.15) is 38.8 Å². The van der Waals surface area contributed by atoms with Crippen LogP contribution in [0.25, 0.3) is 0 Å². The zero-order chi connectivity index (χ0) is 13.0. The molecule has 1 aromatic rings. The van der Waals surface area contributed by atoms with Crippen LogP contribution in [0.4, 0.5) is 0 Å². The lowest BCUT2D eigenvalue weighted by Crippen LogP contribution is -2.18. The van der Waals surface area contributed by atoms with E-state index in [1.165, 1.54) is 5.56 Å². The predicted molar refractivity (Wildman–Crippen MR) is 76.0 cm³/mol. The van der Waals surface area contributed by atoms with E-state index < -0.39 is 0 Å². The van der Waals surface area contributed by atoms with E-state index in [4.69, 9.17) is 4.74 Å². The lowest BCUT2D eigenvalue weighted by atomic mass is 10.1. The van der Waals surface area contributed by atoms with Gasteiger partial charge >= 0.3 is 0 Å². The molecule has 1 aliphatic rings. The summed E-state index contributed by atoms with van der Waals surface area (Å²) in [6.45, 7) is 8.30. The van der Waals surface area contributed by atoms with Crippen LogP contribution in [-0.2, 0) is 4.74 Å². The number of nitrogens with zero attached hydrogens (tertiary/aromatic N) is 1. The molecule has 3 atom stereocenters. The average molecular weight is 266 g/mol. The van der Waals surface area contributed by atoms with Crippen molar-refractivity contribution in [2.75, 3.05) is 13.2 Å². The van der Waals surface area contributed by atoms with Crippen molar-refractivity contribution in [2.24, 2.45) is 0 Å². The Morgan fingerprint density at radius 2 is 2.39 bits per heavy atom. The summed E-state index contributed by atoms with van der Waals surface area (Å²) in [6, 6.07) is 4.66. The standard InChI is InChI=1S/C14H22N2OS/c1-4-15-10(2)12-5-6-14(16-9-12)18-13-7-8-17-11(13)3/h5-6,9-11,13,15H,4,7-8H2,1-3H3. The number of hydrogen-bond acceptors (Lipinski definition) is 4. The molecule has 18 heavy (non-hydrogen) atoms. The van der Waals surface area contributed by atoms with E-state index in [1.54, 1.807) is 0 Å². The smallest absolute Gasteiger partial charge is 0.0963 e. The average Bonchev–Trinajstić information content (AvgIpc) is 2.76. The van der Waals surface area contributed by atoms with Gasteiger partial charge in [-0.15, -0.1) is 11.8 Å². The van der Waals surface area contributed by atoms with Crippen LogP contribution in [0.15, 0.2) is 23.4 Å². The summed E-state index contributed by atoms with van der Waals surface area (Å²) >= 11 is 1.84. The number of ether oxygens (including phenoxy) is 1. The van der Waals surface area contributed by atoms with Gasteiger partial charge in [0.15, 0.2) is 0 Å². The number of aromatic nitrogens is 1. The lowest BCUT2D eigenvalue weighted by molar-refractivity contribution is 0.127. The largest absolute Gasteiger partial charge is 0.377 e. The second-order valence-electron chi connectivity index (χ2n) is 4.73. The van der Waals surface area contributed by atoms with Gasteiger partial charge in [0.1, 0.15) is 0 Å². The molecular formula is C14H22N2OS. The Hall–Kier alpha value is -0.580. The van der Waals surface area contributed by atoms with Crippen LogP contribution < -0.4 is 5.32 Å². The van der Waals surface area contributed by atoms with Gasteiger partial charge in [-0.25, -0.2) is 4.98 Å². The number of nitrogens with one attached hydrogen (secondary N) is 1. The highest BCUT2D eigenvalue weighted by atomic mass is 32.2. The molecule has 4 heteroatoms. The van der Waals surface area contributed by atoms with Crippen molar-refractivity contribution >= 4 is 11.8 Å². The fourth-order valence-electron chi connectivity index (χ4n) is 2.16. The predicted octanol–water partition coefficient (Wildman–Crippen LogP) is 3.02. The topological polar surface area (TPSA) is 34.1 Å². The zero-order valence-electron chi connectivity index (χ0n) is 11.3. The minimum atomic E-state index is 0.345. The molecular weight excluding hydrogens is 244 g/mol. The molecule has 0 amide bonds. The number of hydrogen-bond donors (Lipinski definition) is 1. The molecule has 0 saturated carbocycles. The molecule has 0 spiro atoms. The SMILES string of the molecule is CCNC(C)c1ccc(SC2CCOC2C)nc1. The van der Waals surface area contributed by atoms with Gasteiger partial charge in [-0.05, 0) is 38.4 Å². The van der Waals surface area contributed by atoms with Gasteiger partial charge in [-0.2, -0.15) is 0 Å². The maximum Gasteiger partial charge on any atom is 0.0963 e. The van der Waals surface area contributed by atoms with Crippen molar-refractivity contribution in [3.8, 4) is 0 Å². The summed E-state index contributed by atoms with van der Waals surface area (Å²) < 4.78 is 5.57. The summed E-state index contributed by atoms with van der Waals surface area (Å²) in [5.74, 6) is 0. The van der Waals surface area contributed by atoms with E-state index in [9.17, 15) is 0 Å². The fraction of sp³-hybridized carbons (Fsp3) is 0.643. The van der Waals surface area contributed by atoms with Crippen LogP contribution in [-0.4, -0.2) is 29.5 Å². The molecule has 0 aliphatic carbocycles. The van der Waals surface area contributed by atoms with Gasteiger partial charge in [-0.3, -0.25) is 0 Å². The van der Waals surface area contributed by atoms with Crippen molar-refractivity contribution in [2.45, 2.75) is 49.6 Å². The fourth-order valence-corrected chi connectivity index (χ4v) is 3.22. The molecule has 1 aromatic heterocycles. The molecule has 1 fully saturated rings. The summed E-state index contributed by atoms with van der Waals surface area (Å²) in [4.78, 5) is 4.55. The van der Waals surface area contributed by atoms with Crippen LogP contribution in [0, 0.1) is 0 Å². The molecule has 0 bridgehead atoms. The van der Waals surface area contributed by atoms with E-state index in [0.717, 1.165) is 24.6 Å². The Bertz CT molecular complexity index is 369. The summed E-state index contributed by atoms with van der Waals surface area (Å²) in [7, 11) is 0. The Labute approximate surface area is 114 Å². The third-order valence-corrected chi connectivity index (χ3v) is 4.75. The first-order chi connectivity index (χ1) is 8.70. The highest BCUT2D eigenvalue weighted by Gasteiger charge is 2.25. The van der Waals surface area contributed by atoms with Crippen LogP contribution >= 0.6 is 11.8 Å². The van der Waals surface area contributed by atoms with Gasteiger partial charge in [-0.1, -0.05) is 13.0 Å². The molecule has 1 aliphatic heterocycles. The molecule has 3 unspecified atom stereocenters. The minimum Gasteiger partial charge on any atom is -0.377 e. The molecule has 1 saturated heterocycles. The van der Waals surface area contributed by atoms with Gasteiger partial charge in [0.25, 0.3) is 0 Å². The first-order valence-electron chi connectivity index (χ1n) is 6.68. The second-order valence-corrected chi connectivity index (χ2v) is 5.99. The third-order valence-electron chi connectivity index (χ3n) is 3.35. The normalized spacial score (nSPS) is 25.3. The van der Waals surface area contributed by atoms with E-state index >= 15 is 0 Å². The quantitative estimate of drug-likeness (QED) is 0.888. The maximum absolute atomic E-state index is 5.57. The van der Waals surface area contributed by atoms with E-state index in [-0.39, 0.29) is 0 Å². The monoisotopic (exact) mass is 266 g/mol. The second kappa shape index (κ2) is 6.55. The number of pyridine rings is 1. The van der Waals surface area contributed by atoms with Crippen molar-refractivity contribution in [1.82, 2.24) is 10.3 Å². The summed E-state index contributed by atoms with van der Waals surface area (Å²) in [6.07, 6.45) is 3.45. The van der Waals surface area contributed by atoms with Crippen LogP contribution in [0.3, 0.4) is 0 Å². The van der Waals surface area contributed by atoms with Crippen LogP contribution in [0.5, 0.6) is 0 Å². The van der Waals surface area contributed by atoms with E-state index in [1.807, 2.05) is 18.0 Å². The number of thioether (sulfide) groups is 1. The molecule has 2 rings (SSSR count). The number of rotatable bonds is 5.